The molecule has 0 saturated heterocycles. The number of hydrogen-bond acceptors (Lipinski definition) is 4. The van der Waals surface area contributed by atoms with Crippen LogP contribution in [0.1, 0.15) is 60.2 Å². The van der Waals surface area contributed by atoms with Gasteiger partial charge in [0.15, 0.2) is 0 Å². The number of fused-ring (bicyclic) bond motifs is 1. The Morgan fingerprint density at radius 1 is 0.966 bits per heavy atom. The second-order valence-electron chi connectivity index (χ2n) is 7.12. The van der Waals surface area contributed by atoms with Crippen LogP contribution in [-0.4, -0.2) is 35.3 Å². The Kier molecular flexibility index (Phi) is 6.65. The van der Waals surface area contributed by atoms with E-state index in [4.69, 9.17) is 4.74 Å². The van der Waals surface area contributed by atoms with Crippen LogP contribution in [0, 0.1) is 0 Å². The van der Waals surface area contributed by atoms with Crippen molar-refractivity contribution in [2.45, 2.75) is 45.6 Å². The van der Waals surface area contributed by atoms with Crippen LogP contribution in [0.5, 0.6) is 5.75 Å². The van der Waals surface area contributed by atoms with E-state index < -0.39 is 23.8 Å². The van der Waals surface area contributed by atoms with E-state index >= 15 is 0 Å². The molecule has 1 heterocycles. The molecule has 0 bridgehead atoms. The summed E-state index contributed by atoms with van der Waals surface area (Å²) < 4.78 is 5.69. The van der Waals surface area contributed by atoms with Crippen molar-refractivity contribution in [3.8, 4) is 5.75 Å². The molecule has 3 amide bonds. The second kappa shape index (κ2) is 9.37. The monoisotopic (exact) mass is 394 g/mol. The molecule has 6 heteroatoms. The maximum atomic E-state index is 12.6. The molecule has 1 aliphatic heterocycles. The summed E-state index contributed by atoms with van der Waals surface area (Å²) in [6.07, 6.45) is 4.57. The number of hydrogen-bond donors (Lipinski definition) is 1. The van der Waals surface area contributed by atoms with Crippen LogP contribution in [0.3, 0.4) is 0 Å². The average Bonchev–Trinajstić information content (AvgIpc) is 2.99. The van der Waals surface area contributed by atoms with Gasteiger partial charge in [-0.3, -0.25) is 19.3 Å². The number of unbranched alkanes of at least 4 members (excludes halogenated alkanes) is 3. The first-order valence-corrected chi connectivity index (χ1v) is 10.0. The van der Waals surface area contributed by atoms with Crippen LogP contribution >= 0.6 is 0 Å². The van der Waals surface area contributed by atoms with Crippen LogP contribution in [0.15, 0.2) is 48.5 Å². The summed E-state index contributed by atoms with van der Waals surface area (Å²) in [4.78, 5) is 38.7. The second-order valence-corrected chi connectivity index (χ2v) is 7.12. The highest BCUT2D eigenvalue weighted by Gasteiger charge is 2.40. The molecule has 1 aliphatic rings. The fraction of sp³-hybridized carbons (Fsp3) is 0.348. The van der Waals surface area contributed by atoms with Gasteiger partial charge in [0.2, 0.25) is 5.91 Å². The molecule has 0 fully saturated rings. The van der Waals surface area contributed by atoms with Gasteiger partial charge in [0.05, 0.1) is 17.7 Å². The SMILES string of the molecule is CCCCCCOc1ccc(NC(=O)C(C)N2C(=O)c3ccccc3C2=O)cc1. The highest BCUT2D eigenvalue weighted by Crippen LogP contribution is 2.25. The smallest absolute Gasteiger partial charge is 0.262 e. The minimum absolute atomic E-state index is 0.331. The van der Waals surface area contributed by atoms with Crippen molar-refractivity contribution in [3.05, 3.63) is 59.7 Å². The average molecular weight is 394 g/mol. The summed E-state index contributed by atoms with van der Waals surface area (Å²) in [5.74, 6) is -0.569. The lowest BCUT2D eigenvalue weighted by Crippen LogP contribution is -2.45. The topological polar surface area (TPSA) is 75.7 Å². The van der Waals surface area contributed by atoms with Gasteiger partial charge in [-0.2, -0.15) is 0 Å². The molecule has 3 rings (SSSR count). The Bertz CT molecular complexity index is 857. The minimum atomic E-state index is -0.920. The fourth-order valence-corrected chi connectivity index (χ4v) is 3.28. The Labute approximate surface area is 170 Å². The molecule has 0 saturated carbocycles. The zero-order chi connectivity index (χ0) is 20.8. The van der Waals surface area contributed by atoms with Gasteiger partial charge in [-0.1, -0.05) is 38.3 Å². The van der Waals surface area contributed by atoms with Crippen LogP contribution in [0.4, 0.5) is 5.69 Å². The maximum absolute atomic E-state index is 12.6. The molecule has 2 aromatic rings. The third-order valence-corrected chi connectivity index (χ3v) is 4.98. The lowest BCUT2D eigenvalue weighted by molar-refractivity contribution is -0.119. The number of carbonyl (C=O) groups excluding carboxylic acids is 3. The zero-order valence-corrected chi connectivity index (χ0v) is 16.8. The van der Waals surface area contributed by atoms with Crippen molar-refractivity contribution in [2.75, 3.05) is 11.9 Å². The Morgan fingerprint density at radius 2 is 1.59 bits per heavy atom. The van der Waals surface area contributed by atoms with Crippen LogP contribution in [0.2, 0.25) is 0 Å². The normalized spacial score (nSPS) is 13.9. The summed E-state index contributed by atoms with van der Waals surface area (Å²) in [5.41, 5.74) is 1.24. The first-order chi connectivity index (χ1) is 14.0. The number of nitrogens with one attached hydrogen (secondary N) is 1. The number of rotatable bonds is 9. The highest BCUT2D eigenvalue weighted by molar-refractivity contribution is 6.23. The van der Waals surface area contributed by atoms with E-state index in [2.05, 4.69) is 12.2 Å². The van der Waals surface area contributed by atoms with Gasteiger partial charge in [-0.25, -0.2) is 0 Å². The molecule has 1 unspecified atom stereocenters. The molecule has 29 heavy (non-hydrogen) atoms. The molecular formula is C23H26N2O4. The van der Waals surface area contributed by atoms with Gasteiger partial charge >= 0.3 is 0 Å². The first kappa shape index (κ1) is 20.6. The number of carbonyl (C=O) groups is 3. The molecule has 152 valence electrons. The van der Waals surface area contributed by atoms with Crippen molar-refractivity contribution in [2.24, 2.45) is 0 Å². The third-order valence-electron chi connectivity index (χ3n) is 4.98. The van der Waals surface area contributed by atoms with Gasteiger partial charge in [0.1, 0.15) is 11.8 Å². The predicted molar refractivity (Wildman–Crippen MR) is 111 cm³/mol. The van der Waals surface area contributed by atoms with Gasteiger partial charge < -0.3 is 10.1 Å². The standard InChI is InChI=1S/C23H26N2O4/c1-3-4-5-8-15-29-18-13-11-17(12-14-18)24-21(26)16(2)25-22(27)19-9-6-7-10-20(19)23(25)28/h6-7,9-14,16H,3-5,8,15H2,1-2H3,(H,24,26). The van der Waals surface area contributed by atoms with Crippen molar-refractivity contribution < 1.29 is 19.1 Å². The number of anilines is 1. The molecule has 0 aromatic heterocycles. The Morgan fingerprint density at radius 3 is 2.17 bits per heavy atom. The third kappa shape index (κ3) is 4.65. The van der Waals surface area contributed by atoms with E-state index in [1.54, 1.807) is 55.5 Å². The quantitative estimate of drug-likeness (QED) is 0.509. The number of nitrogens with zero attached hydrogens (tertiary/aromatic N) is 1. The Balaban J connectivity index is 1.56. The van der Waals surface area contributed by atoms with E-state index in [1.165, 1.54) is 12.8 Å². The Hall–Kier alpha value is -3.15. The van der Waals surface area contributed by atoms with E-state index in [-0.39, 0.29) is 0 Å². The molecular weight excluding hydrogens is 368 g/mol. The van der Waals surface area contributed by atoms with E-state index in [0.717, 1.165) is 23.5 Å². The fourth-order valence-electron chi connectivity index (χ4n) is 3.28. The number of imide groups is 1. The van der Waals surface area contributed by atoms with Crippen molar-refractivity contribution in [1.82, 2.24) is 4.90 Å². The lowest BCUT2D eigenvalue weighted by Gasteiger charge is -2.21. The minimum Gasteiger partial charge on any atom is -0.494 e. The van der Waals surface area contributed by atoms with Crippen LogP contribution in [-0.2, 0) is 4.79 Å². The summed E-state index contributed by atoms with van der Waals surface area (Å²) in [7, 11) is 0. The maximum Gasteiger partial charge on any atom is 0.262 e. The summed E-state index contributed by atoms with van der Waals surface area (Å²) in [5, 5.41) is 2.76. The van der Waals surface area contributed by atoms with Gasteiger partial charge in [-0.15, -0.1) is 0 Å². The van der Waals surface area contributed by atoms with Gasteiger partial charge in [-0.05, 0) is 49.7 Å². The van der Waals surface area contributed by atoms with Crippen molar-refractivity contribution in [3.63, 3.8) is 0 Å². The van der Waals surface area contributed by atoms with Gasteiger partial charge in [0, 0.05) is 5.69 Å². The van der Waals surface area contributed by atoms with Crippen LogP contribution in [0.25, 0.3) is 0 Å². The molecule has 1 N–H and O–H groups in total. The molecule has 1 atom stereocenters. The number of amides is 3. The molecule has 2 aromatic carbocycles. The zero-order valence-electron chi connectivity index (χ0n) is 16.8. The van der Waals surface area contributed by atoms with Gasteiger partial charge in [0.25, 0.3) is 11.8 Å². The van der Waals surface area contributed by atoms with E-state index in [0.29, 0.717) is 23.4 Å². The first-order valence-electron chi connectivity index (χ1n) is 10.0. The molecule has 0 aliphatic carbocycles. The largest absolute Gasteiger partial charge is 0.494 e. The van der Waals surface area contributed by atoms with E-state index in [9.17, 15) is 14.4 Å². The predicted octanol–water partition coefficient (Wildman–Crippen LogP) is 4.27. The van der Waals surface area contributed by atoms with Crippen molar-refractivity contribution in [1.29, 1.82) is 0 Å². The van der Waals surface area contributed by atoms with Crippen LogP contribution < -0.4 is 10.1 Å². The number of benzene rings is 2. The summed E-state index contributed by atoms with van der Waals surface area (Å²) >= 11 is 0. The number of ether oxygens (including phenoxy) is 1. The summed E-state index contributed by atoms with van der Waals surface area (Å²) in [6, 6.07) is 12.8. The van der Waals surface area contributed by atoms with Crippen molar-refractivity contribution >= 4 is 23.4 Å². The summed E-state index contributed by atoms with van der Waals surface area (Å²) in [6.45, 7) is 4.39. The molecule has 6 nitrogen and oxygen atoms in total. The van der Waals surface area contributed by atoms with E-state index in [1.807, 2.05) is 0 Å². The molecule has 0 spiro atoms. The molecule has 0 radical (unpaired) electrons. The highest BCUT2D eigenvalue weighted by atomic mass is 16.5. The lowest BCUT2D eigenvalue weighted by atomic mass is 10.1.